The number of hydrogen-bond donors (Lipinski definition) is 0. The summed E-state index contributed by atoms with van der Waals surface area (Å²) in [5.74, 6) is -1.20. The predicted molar refractivity (Wildman–Crippen MR) is 123 cm³/mol. The van der Waals surface area contributed by atoms with Crippen LogP contribution >= 0.6 is 0 Å². The Balaban J connectivity index is 1.83. The number of imide groups is 1. The van der Waals surface area contributed by atoms with Gasteiger partial charge in [-0.15, -0.1) is 0 Å². The SMILES string of the molecule is CO[C@H]1[C@H](OC(C)=O)N(C(=O)[C@]23CC[C@H](C[C@H]2OC)C3(C)C)C(=O)N1S(=O)(=O)c1ccc(C)cc1. The third kappa shape index (κ3) is 3.50. The van der Waals surface area contributed by atoms with E-state index in [0.29, 0.717) is 17.1 Å². The molecule has 2 aliphatic carbocycles. The lowest BCUT2D eigenvalue weighted by molar-refractivity contribution is -0.178. The number of rotatable bonds is 6. The molecule has 0 N–H and O–H groups in total. The lowest BCUT2D eigenvalue weighted by Crippen LogP contribution is -2.57. The third-order valence-electron chi connectivity index (χ3n) is 8.22. The lowest BCUT2D eigenvalue weighted by atomic mass is 9.67. The van der Waals surface area contributed by atoms with Crippen molar-refractivity contribution < 1.29 is 37.0 Å². The van der Waals surface area contributed by atoms with Crippen LogP contribution in [0.15, 0.2) is 29.2 Å². The summed E-state index contributed by atoms with van der Waals surface area (Å²) in [5.41, 5.74) is -0.765. The number of hydrogen-bond acceptors (Lipinski definition) is 8. The Morgan fingerprint density at radius 1 is 1.06 bits per heavy atom. The number of fused-ring (bicyclic) bond motifs is 2. The van der Waals surface area contributed by atoms with Crippen LogP contribution in [-0.4, -0.2) is 68.3 Å². The quantitative estimate of drug-likeness (QED) is 0.538. The van der Waals surface area contributed by atoms with E-state index in [1.807, 2.05) is 13.8 Å². The summed E-state index contributed by atoms with van der Waals surface area (Å²) in [7, 11) is -1.72. The van der Waals surface area contributed by atoms with Crippen molar-refractivity contribution in [2.45, 2.75) is 70.4 Å². The third-order valence-corrected chi connectivity index (χ3v) is 9.97. The average Bonchev–Trinajstić information content (AvgIpc) is 3.31. The highest BCUT2D eigenvalue weighted by atomic mass is 32.2. The molecule has 1 aliphatic heterocycles. The minimum Gasteiger partial charge on any atom is -0.436 e. The molecule has 35 heavy (non-hydrogen) atoms. The number of urea groups is 1. The Kier molecular flexibility index (Phi) is 6.26. The second kappa shape index (κ2) is 8.56. The van der Waals surface area contributed by atoms with Crippen LogP contribution in [0, 0.1) is 23.7 Å². The van der Waals surface area contributed by atoms with Gasteiger partial charge in [-0.1, -0.05) is 31.5 Å². The molecule has 11 heteroatoms. The second-order valence-electron chi connectivity index (χ2n) is 10.1. The molecular weight excluding hydrogens is 476 g/mol. The fourth-order valence-corrected chi connectivity index (χ4v) is 7.72. The molecule has 0 radical (unpaired) electrons. The zero-order valence-corrected chi connectivity index (χ0v) is 21.6. The number of esters is 1. The molecule has 1 heterocycles. The highest BCUT2D eigenvalue weighted by Crippen LogP contribution is 2.67. The van der Waals surface area contributed by atoms with Crippen molar-refractivity contribution in [2.75, 3.05) is 14.2 Å². The van der Waals surface area contributed by atoms with Crippen molar-refractivity contribution in [3.05, 3.63) is 29.8 Å². The predicted octanol–water partition coefficient (Wildman–Crippen LogP) is 2.65. The number of ether oxygens (including phenoxy) is 3. The molecule has 4 rings (SSSR count). The van der Waals surface area contributed by atoms with Gasteiger partial charge in [0.25, 0.3) is 10.0 Å². The van der Waals surface area contributed by atoms with E-state index < -0.39 is 57.3 Å². The van der Waals surface area contributed by atoms with E-state index in [2.05, 4.69) is 0 Å². The monoisotopic (exact) mass is 508 g/mol. The smallest absolute Gasteiger partial charge is 0.346 e. The topological polar surface area (TPSA) is 120 Å². The summed E-state index contributed by atoms with van der Waals surface area (Å²) >= 11 is 0. The Labute approximate surface area is 205 Å². The summed E-state index contributed by atoms with van der Waals surface area (Å²) in [4.78, 5) is 40.7. The van der Waals surface area contributed by atoms with E-state index in [1.54, 1.807) is 19.1 Å². The van der Waals surface area contributed by atoms with E-state index in [0.717, 1.165) is 23.8 Å². The van der Waals surface area contributed by atoms with Crippen molar-refractivity contribution in [3.8, 4) is 0 Å². The van der Waals surface area contributed by atoms with Crippen LogP contribution < -0.4 is 0 Å². The Bertz CT molecular complexity index is 1150. The van der Waals surface area contributed by atoms with E-state index in [9.17, 15) is 22.8 Å². The van der Waals surface area contributed by atoms with Crippen molar-refractivity contribution in [1.82, 2.24) is 9.21 Å². The van der Waals surface area contributed by atoms with Crippen molar-refractivity contribution >= 4 is 27.9 Å². The summed E-state index contributed by atoms with van der Waals surface area (Å²) in [6.45, 7) is 6.86. The number of carbonyl (C=O) groups is 3. The molecular formula is C24H32N2O8S. The van der Waals surface area contributed by atoms with Crippen LogP contribution in [0.2, 0.25) is 0 Å². The standard InChI is InChI=1S/C24H32N2O8S/c1-14-7-9-17(10-8-14)35(30,31)26-20(33-6)19(34-15(2)27)25(22(26)29)21(28)24-12-11-16(23(24,3)4)13-18(24)32-5/h7-10,16,18-20H,11-13H2,1-6H3/t16-,18-,19+,20+,24+/m1/s1. The largest absolute Gasteiger partial charge is 0.436 e. The van der Waals surface area contributed by atoms with Crippen LogP contribution in [0.25, 0.3) is 0 Å². The molecule has 1 aromatic carbocycles. The number of benzene rings is 1. The van der Waals surface area contributed by atoms with Gasteiger partial charge < -0.3 is 14.2 Å². The number of sulfonamides is 1. The molecule has 5 atom stereocenters. The van der Waals surface area contributed by atoms with Gasteiger partial charge in [0.1, 0.15) is 0 Å². The molecule has 0 aromatic heterocycles. The van der Waals surface area contributed by atoms with Crippen LogP contribution in [0.1, 0.15) is 45.6 Å². The minimum atomic E-state index is -4.45. The van der Waals surface area contributed by atoms with E-state index in [4.69, 9.17) is 14.2 Å². The maximum absolute atomic E-state index is 14.3. The average molecular weight is 509 g/mol. The van der Waals surface area contributed by atoms with E-state index in [-0.39, 0.29) is 10.8 Å². The molecule has 0 unspecified atom stereocenters. The van der Waals surface area contributed by atoms with Gasteiger partial charge in [0, 0.05) is 21.1 Å². The summed E-state index contributed by atoms with van der Waals surface area (Å²) in [6, 6.07) is 4.82. The van der Waals surface area contributed by atoms with Gasteiger partial charge in [0.05, 0.1) is 16.4 Å². The number of amides is 3. The van der Waals surface area contributed by atoms with Crippen LogP contribution in [0.3, 0.4) is 0 Å². The van der Waals surface area contributed by atoms with Gasteiger partial charge in [0.2, 0.25) is 18.4 Å². The normalized spacial score (nSPS) is 31.8. The molecule has 1 aromatic rings. The number of methoxy groups -OCH3 is 2. The fraction of sp³-hybridized carbons (Fsp3) is 0.625. The molecule has 3 amide bonds. The van der Waals surface area contributed by atoms with Gasteiger partial charge in [-0.05, 0) is 49.7 Å². The molecule has 10 nitrogen and oxygen atoms in total. The molecule has 192 valence electrons. The zero-order chi connectivity index (χ0) is 25.9. The van der Waals surface area contributed by atoms with Gasteiger partial charge >= 0.3 is 12.0 Å². The van der Waals surface area contributed by atoms with Crippen LogP contribution in [0.5, 0.6) is 0 Å². The molecule has 2 bridgehead atoms. The number of nitrogens with zero attached hydrogens (tertiary/aromatic N) is 2. The van der Waals surface area contributed by atoms with E-state index in [1.165, 1.54) is 26.4 Å². The lowest BCUT2D eigenvalue weighted by Gasteiger charge is -2.42. The first kappa shape index (κ1) is 25.6. The summed E-state index contributed by atoms with van der Waals surface area (Å²) in [6.07, 6.45) is -1.70. The first-order valence-corrected chi connectivity index (χ1v) is 13.0. The molecule has 0 spiro atoms. The van der Waals surface area contributed by atoms with Crippen LogP contribution in [-0.2, 0) is 33.8 Å². The zero-order valence-electron chi connectivity index (χ0n) is 20.8. The van der Waals surface area contributed by atoms with Gasteiger partial charge in [-0.3, -0.25) is 9.59 Å². The summed E-state index contributed by atoms with van der Waals surface area (Å²) in [5, 5.41) is 0. The second-order valence-corrected chi connectivity index (χ2v) is 11.9. The maximum Gasteiger partial charge on any atom is 0.346 e. The highest BCUT2D eigenvalue weighted by molar-refractivity contribution is 7.89. The highest BCUT2D eigenvalue weighted by Gasteiger charge is 2.71. The van der Waals surface area contributed by atoms with Gasteiger partial charge in [0.15, 0.2) is 0 Å². The van der Waals surface area contributed by atoms with Gasteiger partial charge in [-0.2, -0.15) is 4.31 Å². The Morgan fingerprint density at radius 2 is 1.69 bits per heavy atom. The minimum absolute atomic E-state index is 0.149. The number of aryl methyl sites for hydroxylation is 1. The van der Waals surface area contributed by atoms with Crippen molar-refractivity contribution in [1.29, 1.82) is 0 Å². The maximum atomic E-state index is 14.3. The summed E-state index contributed by atoms with van der Waals surface area (Å²) < 4.78 is 44.1. The molecule has 3 aliphatic rings. The molecule has 3 fully saturated rings. The molecule has 1 saturated heterocycles. The fourth-order valence-electron chi connectivity index (χ4n) is 6.26. The van der Waals surface area contributed by atoms with Crippen molar-refractivity contribution in [3.63, 3.8) is 0 Å². The van der Waals surface area contributed by atoms with Crippen molar-refractivity contribution in [2.24, 2.45) is 16.7 Å². The Morgan fingerprint density at radius 3 is 2.20 bits per heavy atom. The van der Waals surface area contributed by atoms with Gasteiger partial charge in [-0.25, -0.2) is 18.1 Å². The number of carbonyl (C=O) groups excluding carboxylic acids is 3. The molecule has 2 saturated carbocycles. The Hall–Kier alpha value is -2.50. The van der Waals surface area contributed by atoms with Crippen LogP contribution in [0.4, 0.5) is 4.79 Å². The first-order chi connectivity index (χ1) is 16.3. The first-order valence-electron chi connectivity index (χ1n) is 11.6. The van der Waals surface area contributed by atoms with E-state index >= 15 is 0 Å².